The van der Waals surface area contributed by atoms with Gasteiger partial charge in [-0.3, -0.25) is 9.59 Å². The summed E-state index contributed by atoms with van der Waals surface area (Å²) in [6.45, 7) is 5.54. The number of hydrogen-bond donors (Lipinski definition) is 0. The summed E-state index contributed by atoms with van der Waals surface area (Å²) in [5.41, 5.74) is 0.628. The van der Waals surface area contributed by atoms with Gasteiger partial charge >= 0.3 is 0 Å². The molecule has 0 saturated heterocycles. The topological polar surface area (TPSA) is 34.1 Å². The van der Waals surface area contributed by atoms with E-state index in [0.29, 0.717) is 17.9 Å². The third-order valence-corrected chi connectivity index (χ3v) is 2.57. The van der Waals surface area contributed by atoms with Crippen LogP contribution in [-0.4, -0.2) is 11.6 Å². The lowest BCUT2D eigenvalue weighted by molar-refractivity contribution is -0.119. The Labute approximate surface area is 96.7 Å². The second-order valence-electron chi connectivity index (χ2n) is 4.52. The van der Waals surface area contributed by atoms with Crippen LogP contribution in [0.2, 0.25) is 0 Å². The fourth-order valence-electron chi connectivity index (χ4n) is 1.73. The summed E-state index contributed by atoms with van der Waals surface area (Å²) in [6, 6.07) is 9.03. The smallest absolute Gasteiger partial charge is 0.173 e. The van der Waals surface area contributed by atoms with Gasteiger partial charge in [0.15, 0.2) is 5.78 Å². The molecule has 0 unspecified atom stereocenters. The first-order valence-electron chi connectivity index (χ1n) is 5.62. The third-order valence-electron chi connectivity index (χ3n) is 2.57. The zero-order valence-corrected chi connectivity index (χ0v) is 10.1. The van der Waals surface area contributed by atoms with Crippen molar-refractivity contribution in [3.63, 3.8) is 0 Å². The molecule has 0 spiro atoms. The average Bonchev–Trinajstić information content (AvgIpc) is 2.25. The molecule has 86 valence electrons. The number of ketones is 2. The maximum Gasteiger partial charge on any atom is 0.173 e. The van der Waals surface area contributed by atoms with Crippen LogP contribution in [-0.2, 0) is 4.79 Å². The fraction of sp³-hybridized carbons (Fsp3) is 0.429. The van der Waals surface area contributed by atoms with Gasteiger partial charge in [0.05, 0.1) is 5.92 Å². The first kappa shape index (κ1) is 12.6. The quantitative estimate of drug-likeness (QED) is 0.562. The van der Waals surface area contributed by atoms with Gasteiger partial charge in [-0.1, -0.05) is 44.2 Å². The van der Waals surface area contributed by atoms with Gasteiger partial charge < -0.3 is 0 Å². The van der Waals surface area contributed by atoms with E-state index in [-0.39, 0.29) is 11.6 Å². The van der Waals surface area contributed by atoms with Crippen LogP contribution in [0.5, 0.6) is 0 Å². The number of benzene rings is 1. The van der Waals surface area contributed by atoms with E-state index in [1.807, 2.05) is 32.0 Å². The highest BCUT2D eigenvalue weighted by molar-refractivity contribution is 6.10. The Kier molecular flexibility index (Phi) is 4.41. The number of hydrogen-bond acceptors (Lipinski definition) is 2. The molecular formula is C14H18O2. The number of carbonyl (C=O) groups excluding carboxylic acids is 2. The van der Waals surface area contributed by atoms with Crippen LogP contribution in [0.25, 0.3) is 0 Å². The second kappa shape index (κ2) is 5.59. The molecule has 0 aliphatic rings. The largest absolute Gasteiger partial charge is 0.299 e. The molecule has 0 radical (unpaired) electrons. The van der Waals surface area contributed by atoms with Crippen LogP contribution >= 0.6 is 0 Å². The number of rotatable bonds is 5. The molecule has 0 aliphatic heterocycles. The minimum absolute atomic E-state index is 0.0393. The van der Waals surface area contributed by atoms with Gasteiger partial charge in [-0.25, -0.2) is 0 Å². The summed E-state index contributed by atoms with van der Waals surface area (Å²) in [6.07, 6.45) is 0.628. The Bertz CT molecular complexity index is 366. The molecule has 2 nitrogen and oxygen atoms in total. The van der Waals surface area contributed by atoms with Gasteiger partial charge in [-0.2, -0.15) is 0 Å². The Balaban J connectivity index is 2.88. The van der Waals surface area contributed by atoms with Gasteiger partial charge in [-0.15, -0.1) is 0 Å². The standard InChI is InChI=1S/C14H18O2/c1-10(2)9-13(11(3)15)14(16)12-7-5-4-6-8-12/h4-8,10,13H,9H2,1-3H3/t13-/m0/s1. The Morgan fingerprint density at radius 3 is 2.12 bits per heavy atom. The average molecular weight is 218 g/mol. The monoisotopic (exact) mass is 218 g/mol. The molecule has 1 aromatic carbocycles. The molecular weight excluding hydrogens is 200 g/mol. The van der Waals surface area contributed by atoms with Crippen LogP contribution in [0, 0.1) is 11.8 Å². The van der Waals surface area contributed by atoms with E-state index in [2.05, 4.69) is 0 Å². The van der Waals surface area contributed by atoms with Gasteiger partial charge in [0.2, 0.25) is 0 Å². The highest BCUT2D eigenvalue weighted by Crippen LogP contribution is 2.18. The van der Waals surface area contributed by atoms with Crippen molar-refractivity contribution in [3.8, 4) is 0 Å². The van der Waals surface area contributed by atoms with Crippen molar-refractivity contribution >= 4 is 11.6 Å². The van der Waals surface area contributed by atoms with Crippen molar-refractivity contribution in [2.75, 3.05) is 0 Å². The number of Topliss-reactive ketones (excluding diaryl/α,β-unsaturated/α-hetero) is 2. The zero-order valence-electron chi connectivity index (χ0n) is 10.1. The molecule has 0 aromatic heterocycles. The lowest BCUT2D eigenvalue weighted by atomic mass is 9.87. The normalized spacial score (nSPS) is 12.5. The lowest BCUT2D eigenvalue weighted by Gasteiger charge is -2.14. The molecule has 0 aliphatic carbocycles. The van der Waals surface area contributed by atoms with E-state index < -0.39 is 5.92 Å². The molecule has 16 heavy (non-hydrogen) atoms. The minimum Gasteiger partial charge on any atom is -0.299 e. The maximum atomic E-state index is 12.1. The SMILES string of the molecule is CC(=O)[C@H](CC(C)C)C(=O)c1ccccc1. The summed E-state index contributed by atoms with van der Waals surface area (Å²) in [5, 5.41) is 0. The van der Waals surface area contributed by atoms with E-state index in [4.69, 9.17) is 0 Å². The van der Waals surface area contributed by atoms with Crippen LogP contribution in [0.3, 0.4) is 0 Å². The van der Waals surface area contributed by atoms with E-state index in [1.165, 1.54) is 6.92 Å². The molecule has 0 N–H and O–H groups in total. The van der Waals surface area contributed by atoms with Gasteiger partial charge in [0, 0.05) is 5.56 Å². The summed E-state index contributed by atoms with van der Waals surface area (Å²) < 4.78 is 0. The molecule has 0 saturated carbocycles. The predicted octanol–water partition coefficient (Wildman–Crippen LogP) is 3.12. The highest BCUT2D eigenvalue weighted by Gasteiger charge is 2.24. The van der Waals surface area contributed by atoms with Crippen molar-refractivity contribution in [1.29, 1.82) is 0 Å². The van der Waals surface area contributed by atoms with Crippen LogP contribution < -0.4 is 0 Å². The third kappa shape index (κ3) is 3.30. The Hall–Kier alpha value is -1.44. The molecule has 1 rings (SSSR count). The molecule has 0 heterocycles. The lowest BCUT2D eigenvalue weighted by Crippen LogP contribution is -2.23. The van der Waals surface area contributed by atoms with Crippen molar-refractivity contribution in [2.24, 2.45) is 11.8 Å². The van der Waals surface area contributed by atoms with Crippen LogP contribution in [0.15, 0.2) is 30.3 Å². The Morgan fingerprint density at radius 2 is 1.69 bits per heavy atom. The molecule has 1 aromatic rings. The maximum absolute atomic E-state index is 12.1. The predicted molar refractivity (Wildman–Crippen MR) is 64.4 cm³/mol. The van der Waals surface area contributed by atoms with E-state index in [9.17, 15) is 9.59 Å². The van der Waals surface area contributed by atoms with Crippen LogP contribution in [0.1, 0.15) is 37.6 Å². The summed E-state index contributed by atoms with van der Waals surface area (Å²) in [7, 11) is 0. The molecule has 0 bridgehead atoms. The molecule has 1 atom stereocenters. The molecule has 0 amide bonds. The van der Waals surface area contributed by atoms with E-state index in [1.54, 1.807) is 12.1 Å². The van der Waals surface area contributed by atoms with E-state index >= 15 is 0 Å². The first-order chi connectivity index (χ1) is 7.52. The van der Waals surface area contributed by atoms with Crippen molar-refractivity contribution in [3.05, 3.63) is 35.9 Å². The fourth-order valence-corrected chi connectivity index (χ4v) is 1.73. The summed E-state index contributed by atoms with van der Waals surface area (Å²) >= 11 is 0. The summed E-state index contributed by atoms with van der Waals surface area (Å²) in [4.78, 5) is 23.6. The molecule has 2 heteroatoms. The van der Waals surface area contributed by atoms with Gasteiger partial charge in [0.25, 0.3) is 0 Å². The molecule has 0 fully saturated rings. The minimum atomic E-state index is -0.484. The van der Waals surface area contributed by atoms with Crippen molar-refractivity contribution in [1.82, 2.24) is 0 Å². The Morgan fingerprint density at radius 1 is 1.12 bits per heavy atom. The first-order valence-corrected chi connectivity index (χ1v) is 5.62. The summed E-state index contributed by atoms with van der Waals surface area (Å²) in [5.74, 6) is -0.228. The highest BCUT2D eigenvalue weighted by atomic mass is 16.1. The van der Waals surface area contributed by atoms with Crippen molar-refractivity contribution in [2.45, 2.75) is 27.2 Å². The van der Waals surface area contributed by atoms with Gasteiger partial charge in [-0.05, 0) is 19.3 Å². The van der Waals surface area contributed by atoms with E-state index in [0.717, 1.165) is 0 Å². The zero-order chi connectivity index (χ0) is 12.1. The van der Waals surface area contributed by atoms with Gasteiger partial charge in [0.1, 0.15) is 5.78 Å². The van der Waals surface area contributed by atoms with Crippen LogP contribution in [0.4, 0.5) is 0 Å². The van der Waals surface area contributed by atoms with Crippen molar-refractivity contribution < 1.29 is 9.59 Å². The number of carbonyl (C=O) groups is 2. The second-order valence-corrected chi connectivity index (χ2v) is 4.52.